The van der Waals surface area contributed by atoms with Crippen LogP contribution in [0.5, 0.6) is 0 Å². The second-order valence-electron chi connectivity index (χ2n) is 5.23. The molecule has 0 radical (unpaired) electrons. The van der Waals surface area contributed by atoms with Gasteiger partial charge in [0.2, 0.25) is 0 Å². The average molecular weight is 247 g/mol. The fraction of sp³-hybridized carbons (Fsp3) is 0.625. The van der Waals surface area contributed by atoms with E-state index in [1.807, 2.05) is 0 Å². The zero-order valence-corrected chi connectivity index (χ0v) is 11.4. The van der Waals surface area contributed by atoms with Crippen LogP contribution in [0.2, 0.25) is 0 Å². The number of ether oxygens (including phenoxy) is 1. The monoisotopic (exact) mass is 247 g/mol. The van der Waals surface area contributed by atoms with Crippen LogP contribution in [0.4, 0.5) is 0 Å². The van der Waals surface area contributed by atoms with E-state index in [9.17, 15) is 0 Å². The molecule has 1 aromatic rings. The first kappa shape index (κ1) is 13.6. The largest absolute Gasteiger partial charge is 0.383 e. The molecule has 0 spiro atoms. The van der Waals surface area contributed by atoms with E-state index in [0.29, 0.717) is 6.04 Å². The molecule has 0 bridgehead atoms. The smallest absolute Gasteiger partial charge is 0.0587 e. The van der Waals surface area contributed by atoms with Gasteiger partial charge in [-0.3, -0.25) is 0 Å². The molecule has 1 aliphatic rings. The van der Waals surface area contributed by atoms with Gasteiger partial charge in [0, 0.05) is 19.7 Å². The number of hydrogen-bond acceptors (Lipinski definition) is 2. The zero-order chi connectivity index (χ0) is 12.6. The standard InChI is InChI=1S/C16H25NO/c1-18-13-12-17-16(14-8-4-2-5-9-14)15-10-6-3-7-11-15/h2,4-5,8-9,15-17H,3,6-7,10-13H2,1H3. The average Bonchev–Trinajstić information content (AvgIpc) is 2.46. The first-order valence-corrected chi connectivity index (χ1v) is 7.19. The maximum Gasteiger partial charge on any atom is 0.0587 e. The predicted octanol–water partition coefficient (Wildman–Crippen LogP) is 3.54. The lowest BCUT2D eigenvalue weighted by Gasteiger charge is -2.31. The lowest BCUT2D eigenvalue weighted by atomic mass is 9.81. The van der Waals surface area contributed by atoms with E-state index in [0.717, 1.165) is 19.1 Å². The van der Waals surface area contributed by atoms with Gasteiger partial charge in [0.25, 0.3) is 0 Å². The van der Waals surface area contributed by atoms with Crippen molar-refractivity contribution in [2.24, 2.45) is 5.92 Å². The van der Waals surface area contributed by atoms with Gasteiger partial charge in [0.1, 0.15) is 0 Å². The van der Waals surface area contributed by atoms with Crippen molar-refractivity contribution in [2.45, 2.75) is 38.1 Å². The van der Waals surface area contributed by atoms with Crippen molar-refractivity contribution in [3.63, 3.8) is 0 Å². The Labute approximate surface area is 111 Å². The molecule has 100 valence electrons. The highest BCUT2D eigenvalue weighted by atomic mass is 16.5. The van der Waals surface area contributed by atoms with Crippen LogP contribution in [0, 0.1) is 5.92 Å². The van der Waals surface area contributed by atoms with Crippen LogP contribution in [0.15, 0.2) is 30.3 Å². The minimum Gasteiger partial charge on any atom is -0.383 e. The molecule has 0 saturated heterocycles. The highest BCUT2D eigenvalue weighted by Crippen LogP contribution is 2.34. The van der Waals surface area contributed by atoms with Gasteiger partial charge in [0.05, 0.1) is 6.61 Å². The zero-order valence-electron chi connectivity index (χ0n) is 11.4. The third kappa shape index (κ3) is 3.82. The van der Waals surface area contributed by atoms with Gasteiger partial charge in [-0.15, -0.1) is 0 Å². The van der Waals surface area contributed by atoms with Crippen molar-refractivity contribution in [3.8, 4) is 0 Å². The van der Waals surface area contributed by atoms with Crippen LogP contribution in [0.3, 0.4) is 0 Å². The minimum atomic E-state index is 0.502. The molecule has 2 heteroatoms. The first-order chi connectivity index (χ1) is 8.92. The highest BCUT2D eigenvalue weighted by Gasteiger charge is 2.24. The van der Waals surface area contributed by atoms with Crippen molar-refractivity contribution < 1.29 is 4.74 Å². The Hall–Kier alpha value is -0.860. The molecule has 1 unspecified atom stereocenters. The molecule has 1 aliphatic carbocycles. The lowest BCUT2D eigenvalue weighted by molar-refractivity contribution is 0.184. The summed E-state index contributed by atoms with van der Waals surface area (Å²) in [5, 5.41) is 3.68. The molecule has 0 aromatic heterocycles. The summed E-state index contributed by atoms with van der Waals surface area (Å²) in [4.78, 5) is 0. The van der Waals surface area contributed by atoms with E-state index in [2.05, 4.69) is 35.6 Å². The number of hydrogen-bond donors (Lipinski definition) is 1. The summed E-state index contributed by atoms with van der Waals surface area (Å²) in [6, 6.07) is 11.4. The molecule has 1 N–H and O–H groups in total. The summed E-state index contributed by atoms with van der Waals surface area (Å²) in [5.74, 6) is 0.790. The van der Waals surface area contributed by atoms with E-state index in [4.69, 9.17) is 4.74 Å². The van der Waals surface area contributed by atoms with E-state index in [1.54, 1.807) is 7.11 Å². The van der Waals surface area contributed by atoms with Gasteiger partial charge in [-0.25, -0.2) is 0 Å². The molecule has 2 rings (SSSR count). The van der Waals surface area contributed by atoms with Crippen LogP contribution >= 0.6 is 0 Å². The Morgan fingerprint density at radius 1 is 1.17 bits per heavy atom. The normalized spacial score (nSPS) is 18.7. The molecule has 1 aromatic carbocycles. The number of rotatable bonds is 6. The van der Waals surface area contributed by atoms with Crippen molar-refractivity contribution in [1.82, 2.24) is 5.32 Å². The Morgan fingerprint density at radius 3 is 2.56 bits per heavy atom. The van der Waals surface area contributed by atoms with Crippen LogP contribution in [0.25, 0.3) is 0 Å². The van der Waals surface area contributed by atoms with E-state index in [1.165, 1.54) is 37.7 Å². The molecule has 0 heterocycles. The van der Waals surface area contributed by atoms with Crippen molar-refractivity contribution >= 4 is 0 Å². The third-order valence-corrected chi connectivity index (χ3v) is 3.95. The van der Waals surface area contributed by atoms with Crippen molar-refractivity contribution in [2.75, 3.05) is 20.3 Å². The number of nitrogens with one attached hydrogen (secondary N) is 1. The first-order valence-electron chi connectivity index (χ1n) is 7.19. The Kier molecular flexibility index (Phi) is 5.69. The van der Waals surface area contributed by atoms with E-state index < -0.39 is 0 Å². The predicted molar refractivity (Wildman–Crippen MR) is 75.6 cm³/mol. The van der Waals surface area contributed by atoms with Gasteiger partial charge >= 0.3 is 0 Å². The Bertz CT molecular complexity index is 319. The summed E-state index contributed by atoms with van der Waals surface area (Å²) < 4.78 is 5.15. The van der Waals surface area contributed by atoms with Gasteiger partial charge in [-0.2, -0.15) is 0 Å². The second kappa shape index (κ2) is 7.55. The molecule has 1 saturated carbocycles. The molecule has 2 nitrogen and oxygen atoms in total. The van der Waals surface area contributed by atoms with Gasteiger partial charge in [0.15, 0.2) is 0 Å². The molecule has 0 aliphatic heterocycles. The number of benzene rings is 1. The SMILES string of the molecule is COCCNC(c1ccccc1)C1CCCCC1. The highest BCUT2D eigenvalue weighted by molar-refractivity contribution is 5.19. The van der Waals surface area contributed by atoms with Crippen LogP contribution in [-0.2, 0) is 4.74 Å². The quantitative estimate of drug-likeness (QED) is 0.776. The van der Waals surface area contributed by atoms with E-state index >= 15 is 0 Å². The molecule has 0 amide bonds. The topological polar surface area (TPSA) is 21.3 Å². The maximum absolute atomic E-state index is 5.15. The summed E-state index contributed by atoms with van der Waals surface area (Å²) in [6.45, 7) is 1.72. The minimum absolute atomic E-state index is 0.502. The Balaban J connectivity index is 2.01. The fourth-order valence-electron chi connectivity index (χ4n) is 3.00. The van der Waals surface area contributed by atoms with Gasteiger partial charge in [-0.1, -0.05) is 49.6 Å². The lowest BCUT2D eigenvalue weighted by Crippen LogP contribution is -2.32. The van der Waals surface area contributed by atoms with E-state index in [-0.39, 0.29) is 0 Å². The van der Waals surface area contributed by atoms with Gasteiger partial charge < -0.3 is 10.1 Å². The van der Waals surface area contributed by atoms with Crippen LogP contribution < -0.4 is 5.32 Å². The molecule has 1 atom stereocenters. The molecular weight excluding hydrogens is 222 g/mol. The number of methoxy groups -OCH3 is 1. The summed E-state index contributed by atoms with van der Waals surface area (Å²) in [7, 11) is 1.76. The second-order valence-corrected chi connectivity index (χ2v) is 5.23. The Morgan fingerprint density at radius 2 is 1.89 bits per heavy atom. The van der Waals surface area contributed by atoms with Gasteiger partial charge in [-0.05, 0) is 24.3 Å². The molecular formula is C16H25NO. The summed E-state index contributed by atoms with van der Waals surface area (Å²) in [5.41, 5.74) is 1.43. The fourth-order valence-corrected chi connectivity index (χ4v) is 3.00. The van der Waals surface area contributed by atoms with Crippen molar-refractivity contribution in [1.29, 1.82) is 0 Å². The maximum atomic E-state index is 5.15. The summed E-state index contributed by atoms with van der Waals surface area (Å²) >= 11 is 0. The van der Waals surface area contributed by atoms with Crippen LogP contribution in [-0.4, -0.2) is 20.3 Å². The third-order valence-electron chi connectivity index (χ3n) is 3.95. The molecule has 1 fully saturated rings. The molecule has 18 heavy (non-hydrogen) atoms. The van der Waals surface area contributed by atoms with Crippen LogP contribution in [0.1, 0.15) is 43.7 Å². The van der Waals surface area contributed by atoms with Crippen molar-refractivity contribution in [3.05, 3.63) is 35.9 Å². The summed E-state index contributed by atoms with van der Waals surface area (Å²) in [6.07, 6.45) is 6.91.